The molecule has 0 bridgehead atoms. The lowest BCUT2D eigenvalue weighted by Crippen LogP contribution is -2.38. The number of imidazole rings is 1. The van der Waals surface area contributed by atoms with E-state index in [0.29, 0.717) is 24.3 Å². The summed E-state index contributed by atoms with van der Waals surface area (Å²) in [5.41, 5.74) is 7.28. The van der Waals surface area contributed by atoms with E-state index in [1.165, 1.54) is 11.6 Å². The summed E-state index contributed by atoms with van der Waals surface area (Å²) < 4.78 is 4.49. The molecule has 136 valence electrons. The Morgan fingerprint density at radius 1 is 1.28 bits per heavy atom. The lowest BCUT2D eigenvalue weighted by atomic mass is 10.2. The highest BCUT2D eigenvalue weighted by Gasteiger charge is 2.29. The quantitative estimate of drug-likeness (QED) is 0.806. The van der Waals surface area contributed by atoms with Gasteiger partial charge in [-0.05, 0) is 26.7 Å². The van der Waals surface area contributed by atoms with E-state index in [0.717, 1.165) is 35.5 Å². The number of nitrogens with two attached hydrogens (primary N) is 1. The molecule has 1 saturated heterocycles. The van der Waals surface area contributed by atoms with E-state index in [1.807, 2.05) is 18.4 Å². The molecule has 8 nitrogen and oxygen atoms in total. The van der Waals surface area contributed by atoms with Crippen molar-refractivity contribution in [3.8, 4) is 0 Å². The van der Waals surface area contributed by atoms with Gasteiger partial charge >= 0.3 is 5.69 Å². The van der Waals surface area contributed by atoms with Crippen molar-refractivity contribution in [1.82, 2.24) is 18.7 Å². The molecule has 25 heavy (non-hydrogen) atoms. The minimum atomic E-state index is -0.368. The van der Waals surface area contributed by atoms with Crippen LogP contribution in [0.4, 0.5) is 5.95 Å². The van der Waals surface area contributed by atoms with Gasteiger partial charge in [-0.15, -0.1) is 0 Å². The normalized spacial score (nSPS) is 17.5. The number of hydrogen-bond donors (Lipinski definition) is 1. The molecule has 0 amide bonds. The molecule has 1 unspecified atom stereocenters. The number of hydrogen-bond acceptors (Lipinski definition) is 5. The number of aryl methyl sites for hydroxylation is 1. The number of nitrogens with zero attached hydrogens (tertiary/aromatic N) is 5. The van der Waals surface area contributed by atoms with Crippen LogP contribution in [0.3, 0.4) is 0 Å². The van der Waals surface area contributed by atoms with Crippen molar-refractivity contribution in [2.75, 3.05) is 18.0 Å². The van der Waals surface area contributed by atoms with Gasteiger partial charge in [-0.1, -0.05) is 11.6 Å². The van der Waals surface area contributed by atoms with E-state index in [2.05, 4.69) is 16.0 Å². The first kappa shape index (κ1) is 17.5. The van der Waals surface area contributed by atoms with Crippen molar-refractivity contribution in [2.45, 2.75) is 39.3 Å². The highest BCUT2D eigenvalue weighted by atomic mass is 16.2. The SMILES string of the molecule is CC(C)=CCn1c(N2CCCC2CN)nc2c1c(=O)n(C)c(=O)n2C. The van der Waals surface area contributed by atoms with Gasteiger partial charge < -0.3 is 15.2 Å². The Labute approximate surface area is 146 Å². The van der Waals surface area contributed by atoms with Crippen molar-refractivity contribution in [2.24, 2.45) is 19.8 Å². The van der Waals surface area contributed by atoms with Gasteiger partial charge in [-0.2, -0.15) is 4.98 Å². The summed E-state index contributed by atoms with van der Waals surface area (Å²) in [6.07, 6.45) is 4.12. The van der Waals surface area contributed by atoms with E-state index in [-0.39, 0.29) is 17.3 Å². The van der Waals surface area contributed by atoms with Crippen molar-refractivity contribution in [1.29, 1.82) is 0 Å². The highest BCUT2D eigenvalue weighted by Crippen LogP contribution is 2.27. The van der Waals surface area contributed by atoms with Gasteiger partial charge in [0.05, 0.1) is 0 Å². The number of aromatic nitrogens is 4. The maximum Gasteiger partial charge on any atom is 0.332 e. The zero-order valence-corrected chi connectivity index (χ0v) is 15.3. The first-order valence-corrected chi connectivity index (χ1v) is 8.63. The van der Waals surface area contributed by atoms with Crippen molar-refractivity contribution >= 4 is 17.1 Å². The average molecular weight is 346 g/mol. The van der Waals surface area contributed by atoms with E-state index in [9.17, 15) is 9.59 Å². The van der Waals surface area contributed by atoms with Crippen LogP contribution in [0.1, 0.15) is 26.7 Å². The van der Waals surface area contributed by atoms with Crippen LogP contribution in [0.2, 0.25) is 0 Å². The number of allylic oxidation sites excluding steroid dienone is 2. The van der Waals surface area contributed by atoms with Gasteiger partial charge in [-0.3, -0.25) is 13.9 Å². The Morgan fingerprint density at radius 3 is 2.64 bits per heavy atom. The smallest absolute Gasteiger partial charge is 0.332 e. The van der Waals surface area contributed by atoms with Crippen molar-refractivity contribution < 1.29 is 0 Å². The van der Waals surface area contributed by atoms with Crippen LogP contribution in [-0.4, -0.2) is 37.8 Å². The monoisotopic (exact) mass is 346 g/mol. The molecule has 1 fully saturated rings. The third kappa shape index (κ3) is 2.80. The summed E-state index contributed by atoms with van der Waals surface area (Å²) in [6, 6.07) is 0.211. The van der Waals surface area contributed by atoms with Crippen LogP contribution in [0.5, 0.6) is 0 Å². The molecule has 8 heteroatoms. The van der Waals surface area contributed by atoms with E-state index in [4.69, 9.17) is 5.73 Å². The molecule has 1 atom stereocenters. The molecule has 0 radical (unpaired) electrons. The third-order valence-electron chi connectivity index (χ3n) is 4.92. The number of rotatable bonds is 4. The van der Waals surface area contributed by atoms with Crippen LogP contribution < -0.4 is 21.9 Å². The molecule has 0 spiro atoms. The average Bonchev–Trinajstić information content (AvgIpc) is 3.19. The van der Waals surface area contributed by atoms with Crippen molar-refractivity contribution in [3.63, 3.8) is 0 Å². The fourth-order valence-electron chi connectivity index (χ4n) is 3.45. The standard InChI is InChI=1S/C17H26N6O2/c1-11(2)7-9-23-13-14(20(3)17(25)21(4)15(13)24)19-16(23)22-8-5-6-12(22)10-18/h7,12H,5-6,8-10,18H2,1-4H3. The largest absolute Gasteiger partial charge is 0.338 e. The van der Waals surface area contributed by atoms with E-state index < -0.39 is 0 Å². The van der Waals surface area contributed by atoms with Crippen LogP contribution in [-0.2, 0) is 20.6 Å². The topological polar surface area (TPSA) is 91.1 Å². The van der Waals surface area contributed by atoms with Crippen molar-refractivity contribution in [3.05, 3.63) is 32.5 Å². The van der Waals surface area contributed by atoms with Gasteiger partial charge in [0.15, 0.2) is 11.2 Å². The Bertz CT molecular complexity index is 945. The van der Waals surface area contributed by atoms with E-state index in [1.54, 1.807) is 7.05 Å². The number of anilines is 1. The maximum atomic E-state index is 12.8. The lowest BCUT2D eigenvalue weighted by molar-refractivity contribution is 0.649. The molecule has 2 N–H and O–H groups in total. The van der Waals surface area contributed by atoms with Gasteiger partial charge in [0.2, 0.25) is 5.95 Å². The van der Waals surface area contributed by atoms with Crippen LogP contribution in [0.15, 0.2) is 21.2 Å². The Balaban J connectivity index is 2.32. The van der Waals surface area contributed by atoms with Crippen LogP contribution in [0, 0.1) is 0 Å². The molecule has 0 aliphatic carbocycles. The second-order valence-corrected chi connectivity index (χ2v) is 6.91. The predicted octanol–water partition coefficient (Wildman–Crippen LogP) is 0.327. The fraction of sp³-hybridized carbons (Fsp3) is 0.588. The van der Waals surface area contributed by atoms with Gasteiger partial charge in [0.25, 0.3) is 5.56 Å². The molecular weight excluding hydrogens is 320 g/mol. The summed E-state index contributed by atoms with van der Waals surface area (Å²) in [7, 11) is 3.15. The first-order valence-electron chi connectivity index (χ1n) is 8.63. The third-order valence-corrected chi connectivity index (χ3v) is 4.92. The van der Waals surface area contributed by atoms with Crippen LogP contribution >= 0.6 is 0 Å². The zero-order chi connectivity index (χ0) is 18.3. The van der Waals surface area contributed by atoms with Gasteiger partial charge in [0, 0.05) is 39.8 Å². The molecular formula is C17H26N6O2. The maximum absolute atomic E-state index is 12.8. The minimum Gasteiger partial charge on any atom is -0.338 e. The number of fused-ring (bicyclic) bond motifs is 1. The predicted molar refractivity (Wildman–Crippen MR) is 99.1 cm³/mol. The lowest BCUT2D eigenvalue weighted by Gasteiger charge is -2.25. The molecule has 2 aromatic rings. The summed E-state index contributed by atoms with van der Waals surface area (Å²) in [5.74, 6) is 0.721. The summed E-state index contributed by atoms with van der Waals surface area (Å²) in [6.45, 7) is 5.98. The Morgan fingerprint density at radius 2 is 2.00 bits per heavy atom. The second-order valence-electron chi connectivity index (χ2n) is 6.91. The minimum absolute atomic E-state index is 0.211. The molecule has 0 aromatic carbocycles. The zero-order valence-electron chi connectivity index (χ0n) is 15.3. The molecule has 2 aromatic heterocycles. The first-order chi connectivity index (χ1) is 11.9. The summed E-state index contributed by atoms with van der Waals surface area (Å²) >= 11 is 0. The summed E-state index contributed by atoms with van der Waals surface area (Å²) in [4.78, 5) is 31.9. The summed E-state index contributed by atoms with van der Waals surface area (Å²) in [5, 5.41) is 0. The molecule has 1 aliphatic heterocycles. The fourth-order valence-corrected chi connectivity index (χ4v) is 3.45. The van der Waals surface area contributed by atoms with Gasteiger partial charge in [-0.25, -0.2) is 4.79 Å². The molecule has 1 aliphatic rings. The van der Waals surface area contributed by atoms with Crippen LogP contribution in [0.25, 0.3) is 11.2 Å². The molecule has 0 saturated carbocycles. The molecule has 3 rings (SSSR count). The Kier molecular flexibility index (Phi) is 4.55. The van der Waals surface area contributed by atoms with Gasteiger partial charge in [0.1, 0.15) is 0 Å². The van der Waals surface area contributed by atoms with E-state index >= 15 is 0 Å². The second kappa shape index (κ2) is 6.51. The molecule has 3 heterocycles. The highest BCUT2D eigenvalue weighted by molar-refractivity contribution is 5.75. The Hall–Kier alpha value is -2.35.